The molecule has 0 aliphatic carbocycles. The Morgan fingerprint density at radius 1 is 1.21 bits per heavy atom. The zero-order valence-corrected chi connectivity index (χ0v) is 14.3. The third-order valence-corrected chi connectivity index (χ3v) is 4.25. The molecule has 1 aliphatic rings. The van der Waals surface area contributed by atoms with Gasteiger partial charge in [-0.2, -0.15) is 0 Å². The number of ether oxygens (including phenoxy) is 2. The van der Waals surface area contributed by atoms with Crippen LogP contribution in [0.15, 0.2) is 40.9 Å². The second kappa shape index (κ2) is 8.54. The largest absolute Gasteiger partial charge is 0.506 e. The maximum absolute atomic E-state index is 12.3. The molecule has 1 aromatic carbocycles. The van der Waals surface area contributed by atoms with Crippen molar-refractivity contribution in [1.29, 1.82) is 0 Å². The van der Waals surface area contributed by atoms with Crippen LogP contribution >= 0.6 is 11.8 Å². The number of benzene rings is 1. The van der Waals surface area contributed by atoms with Crippen LogP contribution < -0.4 is 0 Å². The molecule has 0 radical (unpaired) electrons. The molecule has 0 amide bonds. The predicted molar refractivity (Wildman–Crippen MR) is 92.9 cm³/mol. The predicted octanol–water partition coefficient (Wildman–Crippen LogP) is 2.60. The van der Waals surface area contributed by atoms with Crippen LogP contribution in [0, 0.1) is 0 Å². The first-order valence-corrected chi connectivity index (χ1v) is 8.60. The molecule has 7 heteroatoms. The van der Waals surface area contributed by atoms with Crippen molar-refractivity contribution in [1.82, 2.24) is 0 Å². The fourth-order valence-electron chi connectivity index (χ4n) is 2.10. The molecule has 2 rings (SSSR count). The van der Waals surface area contributed by atoms with E-state index in [9.17, 15) is 14.7 Å². The van der Waals surface area contributed by atoms with Crippen LogP contribution in [-0.4, -0.2) is 47.1 Å². The van der Waals surface area contributed by atoms with Crippen LogP contribution in [0.2, 0.25) is 0 Å². The number of aliphatic hydroxyl groups excluding tert-OH is 1. The van der Waals surface area contributed by atoms with E-state index < -0.39 is 18.0 Å². The number of nitrogens with zero attached hydrogens (tertiary/aromatic N) is 1. The Kier molecular flexibility index (Phi) is 6.43. The van der Waals surface area contributed by atoms with Gasteiger partial charge in [0.15, 0.2) is 6.04 Å². The molecule has 1 heterocycles. The van der Waals surface area contributed by atoms with E-state index in [1.807, 2.05) is 0 Å². The van der Waals surface area contributed by atoms with Gasteiger partial charge in [0.25, 0.3) is 0 Å². The number of rotatable bonds is 6. The normalized spacial score (nSPS) is 17.8. The highest BCUT2D eigenvalue weighted by molar-refractivity contribution is 8.14. The van der Waals surface area contributed by atoms with Gasteiger partial charge in [-0.15, -0.1) is 11.8 Å². The van der Waals surface area contributed by atoms with Crippen molar-refractivity contribution in [2.24, 2.45) is 4.99 Å². The van der Waals surface area contributed by atoms with Gasteiger partial charge in [0.2, 0.25) is 0 Å². The van der Waals surface area contributed by atoms with Crippen LogP contribution in [0.25, 0.3) is 5.76 Å². The molecular formula is C17H19NO5S. The lowest BCUT2D eigenvalue weighted by Gasteiger charge is -2.10. The van der Waals surface area contributed by atoms with Crippen LogP contribution in [0.4, 0.5) is 0 Å². The molecular weight excluding hydrogens is 330 g/mol. The lowest BCUT2D eigenvalue weighted by Crippen LogP contribution is -2.21. The Balaban J connectivity index is 2.39. The van der Waals surface area contributed by atoms with E-state index >= 15 is 0 Å². The molecule has 0 bridgehead atoms. The molecule has 24 heavy (non-hydrogen) atoms. The van der Waals surface area contributed by atoms with Gasteiger partial charge < -0.3 is 14.6 Å². The number of hydrogen-bond acceptors (Lipinski definition) is 7. The molecule has 128 valence electrons. The quantitative estimate of drug-likeness (QED) is 0.483. The Morgan fingerprint density at radius 2 is 1.88 bits per heavy atom. The standard InChI is InChI=1S/C17H19NO5S/c1-3-22-16(20)12-10-24-15(18-12)13(17(21)23-4-2)14(19)11-8-6-5-7-9-11/h5-9,12,19H,3-4,10H2,1-2H3. The number of carbonyl (C=O) groups excluding carboxylic acids is 2. The summed E-state index contributed by atoms with van der Waals surface area (Å²) in [6.07, 6.45) is 0. The molecule has 6 nitrogen and oxygen atoms in total. The molecule has 1 aromatic rings. The number of carbonyl (C=O) groups is 2. The topological polar surface area (TPSA) is 85.2 Å². The molecule has 0 saturated carbocycles. The smallest absolute Gasteiger partial charge is 0.344 e. The molecule has 0 fully saturated rings. The van der Waals surface area contributed by atoms with E-state index in [4.69, 9.17) is 9.47 Å². The van der Waals surface area contributed by atoms with Crippen LogP contribution in [-0.2, 0) is 19.1 Å². The van der Waals surface area contributed by atoms with Gasteiger partial charge in [0, 0.05) is 11.3 Å². The van der Waals surface area contributed by atoms with E-state index in [1.54, 1.807) is 44.2 Å². The van der Waals surface area contributed by atoms with Crippen LogP contribution in [0.5, 0.6) is 0 Å². The molecule has 0 spiro atoms. The average Bonchev–Trinajstić information content (AvgIpc) is 3.06. The minimum atomic E-state index is -0.682. The summed E-state index contributed by atoms with van der Waals surface area (Å²) >= 11 is 1.22. The SMILES string of the molecule is CCOC(=O)C(C1=NC(C(=O)OCC)CS1)=C(O)c1ccccc1. The molecule has 1 unspecified atom stereocenters. The monoisotopic (exact) mass is 349 g/mol. The first-order chi connectivity index (χ1) is 11.6. The molecule has 0 aromatic heterocycles. The number of thioether (sulfide) groups is 1. The van der Waals surface area contributed by atoms with Gasteiger partial charge in [0.05, 0.1) is 13.2 Å². The Hall–Kier alpha value is -2.28. The number of esters is 2. The highest BCUT2D eigenvalue weighted by Gasteiger charge is 2.32. The zero-order chi connectivity index (χ0) is 17.5. The van der Waals surface area contributed by atoms with Crippen LogP contribution in [0.3, 0.4) is 0 Å². The van der Waals surface area contributed by atoms with E-state index in [2.05, 4.69) is 4.99 Å². The van der Waals surface area contributed by atoms with Crippen LogP contribution in [0.1, 0.15) is 19.4 Å². The Bertz CT molecular complexity index is 669. The second-order valence-corrected chi connectivity index (χ2v) is 5.83. The van der Waals surface area contributed by atoms with Gasteiger partial charge in [0.1, 0.15) is 16.4 Å². The summed E-state index contributed by atoms with van der Waals surface area (Å²) in [6, 6.07) is 7.98. The third-order valence-electron chi connectivity index (χ3n) is 3.19. The van der Waals surface area contributed by atoms with Crippen molar-refractivity contribution >= 4 is 34.5 Å². The summed E-state index contributed by atoms with van der Waals surface area (Å²) in [5.74, 6) is -0.971. The summed E-state index contributed by atoms with van der Waals surface area (Å²) in [4.78, 5) is 28.4. The summed E-state index contributed by atoms with van der Waals surface area (Å²) in [7, 11) is 0. The van der Waals surface area contributed by atoms with Crippen molar-refractivity contribution in [2.75, 3.05) is 19.0 Å². The summed E-state index contributed by atoms with van der Waals surface area (Å²) in [5, 5.41) is 10.8. The maximum atomic E-state index is 12.3. The average molecular weight is 349 g/mol. The van der Waals surface area contributed by atoms with Crippen molar-refractivity contribution in [3.05, 3.63) is 41.5 Å². The van der Waals surface area contributed by atoms with E-state index in [0.29, 0.717) is 11.3 Å². The van der Waals surface area contributed by atoms with Crippen molar-refractivity contribution in [3.8, 4) is 0 Å². The summed E-state index contributed by atoms with van der Waals surface area (Å²) in [6.45, 7) is 3.83. The molecule has 1 aliphatic heterocycles. The van der Waals surface area contributed by atoms with Gasteiger partial charge in [-0.3, -0.25) is 4.99 Å². The number of aliphatic hydroxyl groups is 1. The van der Waals surface area contributed by atoms with Gasteiger partial charge in [-0.25, -0.2) is 9.59 Å². The van der Waals surface area contributed by atoms with E-state index in [-0.39, 0.29) is 29.6 Å². The molecule has 1 atom stereocenters. The molecule has 0 saturated heterocycles. The van der Waals surface area contributed by atoms with E-state index in [1.165, 1.54) is 11.8 Å². The number of aliphatic imine (C=N–C) groups is 1. The van der Waals surface area contributed by atoms with Gasteiger partial charge in [-0.05, 0) is 13.8 Å². The third kappa shape index (κ3) is 4.17. The highest BCUT2D eigenvalue weighted by atomic mass is 32.2. The molecule has 1 N–H and O–H groups in total. The van der Waals surface area contributed by atoms with Gasteiger partial charge in [-0.1, -0.05) is 30.3 Å². The van der Waals surface area contributed by atoms with Crippen molar-refractivity contribution in [3.63, 3.8) is 0 Å². The lowest BCUT2D eigenvalue weighted by molar-refractivity contribution is -0.144. The minimum Gasteiger partial charge on any atom is -0.506 e. The lowest BCUT2D eigenvalue weighted by atomic mass is 10.1. The first kappa shape index (κ1) is 18.1. The second-order valence-electron chi connectivity index (χ2n) is 4.82. The highest BCUT2D eigenvalue weighted by Crippen LogP contribution is 2.29. The fraction of sp³-hybridized carbons (Fsp3) is 0.353. The van der Waals surface area contributed by atoms with Gasteiger partial charge >= 0.3 is 11.9 Å². The zero-order valence-electron chi connectivity index (χ0n) is 13.5. The Labute approximate surface area is 144 Å². The number of hydrogen-bond donors (Lipinski definition) is 1. The van der Waals surface area contributed by atoms with Crippen molar-refractivity contribution < 1.29 is 24.2 Å². The fourth-order valence-corrected chi connectivity index (χ4v) is 3.15. The first-order valence-electron chi connectivity index (χ1n) is 7.61. The summed E-state index contributed by atoms with van der Waals surface area (Å²) < 4.78 is 9.99. The summed E-state index contributed by atoms with van der Waals surface area (Å²) in [5.41, 5.74) is 0.447. The maximum Gasteiger partial charge on any atom is 0.344 e. The van der Waals surface area contributed by atoms with Crippen molar-refractivity contribution in [2.45, 2.75) is 19.9 Å². The van der Waals surface area contributed by atoms with E-state index in [0.717, 1.165) is 0 Å². The Morgan fingerprint density at radius 3 is 2.50 bits per heavy atom. The minimum absolute atomic E-state index is 0.0279.